The van der Waals surface area contributed by atoms with Crippen molar-refractivity contribution in [3.05, 3.63) is 59.8 Å². The average molecular weight is 325 g/mol. The summed E-state index contributed by atoms with van der Waals surface area (Å²) in [6, 6.07) is 0. The lowest BCUT2D eigenvalue weighted by Gasteiger charge is -2.46. The molecule has 0 amide bonds. The molecule has 1 nitrogen and oxygen atoms in total. The molecule has 0 aromatic carbocycles. The summed E-state index contributed by atoms with van der Waals surface area (Å²) >= 11 is 0. The zero-order valence-electron chi connectivity index (χ0n) is 15.1. The second kappa shape index (κ2) is 8.16. The van der Waals surface area contributed by atoms with E-state index < -0.39 is 0 Å². The maximum Gasteiger partial charge on any atom is 0.0431 e. The molecule has 0 spiro atoms. The van der Waals surface area contributed by atoms with Gasteiger partial charge in [-0.15, -0.1) is 0 Å². The molecule has 0 aromatic heterocycles. The van der Waals surface area contributed by atoms with Crippen molar-refractivity contribution in [2.24, 2.45) is 23.7 Å². The monoisotopic (exact) mass is 324 g/mol. The van der Waals surface area contributed by atoms with Crippen LogP contribution >= 0.6 is 0 Å². The molecule has 3 aliphatic rings. The van der Waals surface area contributed by atoms with Crippen LogP contribution in [0, 0.1) is 23.7 Å². The van der Waals surface area contributed by atoms with Crippen molar-refractivity contribution in [3.63, 3.8) is 0 Å². The largest absolute Gasteiger partial charge is 0.396 e. The maximum absolute atomic E-state index is 8.92. The molecule has 0 radical (unpaired) electrons. The van der Waals surface area contributed by atoms with Crippen LogP contribution in [-0.4, -0.2) is 11.7 Å². The Morgan fingerprint density at radius 2 is 1.96 bits per heavy atom. The first-order valence-corrected chi connectivity index (χ1v) is 9.79. The highest BCUT2D eigenvalue weighted by atomic mass is 16.2. The van der Waals surface area contributed by atoms with Crippen LogP contribution in [-0.2, 0) is 0 Å². The average Bonchev–Trinajstić information content (AvgIpc) is 2.60. The fourth-order valence-corrected chi connectivity index (χ4v) is 5.02. The lowest BCUT2D eigenvalue weighted by molar-refractivity contribution is 0.161. The van der Waals surface area contributed by atoms with Gasteiger partial charge in [-0.1, -0.05) is 62.3 Å². The number of hydrogen-bond acceptors (Lipinski definition) is 1. The Morgan fingerprint density at radius 3 is 2.75 bits per heavy atom. The van der Waals surface area contributed by atoms with Crippen LogP contribution in [0.5, 0.6) is 0 Å². The van der Waals surface area contributed by atoms with Gasteiger partial charge in [-0.2, -0.15) is 0 Å². The molecule has 130 valence electrons. The number of aliphatic hydroxyl groups excluding tert-OH is 1. The van der Waals surface area contributed by atoms with Crippen LogP contribution in [0.2, 0.25) is 0 Å². The molecule has 1 fully saturated rings. The van der Waals surface area contributed by atoms with Gasteiger partial charge in [0, 0.05) is 6.61 Å². The van der Waals surface area contributed by atoms with E-state index in [0.717, 1.165) is 12.3 Å². The van der Waals surface area contributed by atoms with E-state index in [2.05, 4.69) is 50.0 Å². The highest BCUT2D eigenvalue weighted by Gasteiger charge is 2.42. The molecule has 0 saturated heterocycles. The summed E-state index contributed by atoms with van der Waals surface area (Å²) in [7, 11) is 0. The van der Waals surface area contributed by atoms with Crippen molar-refractivity contribution in [2.45, 2.75) is 51.9 Å². The molecule has 3 aliphatic carbocycles. The summed E-state index contributed by atoms with van der Waals surface area (Å²) in [4.78, 5) is 0. The van der Waals surface area contributed by atoms with E-state index in [0.29, 0.717) is 24.4 Å². The second-order valence-electron chi connectivity index (χ2n) is 7.64. The summed E-state index contributed by atoms with van der Waals surface area (Å²) in [5.74, 6) is 2.85. The number of hydrogen-bond donors (Lipinski definition) is 1. The zero-order chi connectivity index (χ0) is 16.9. The molecule has 1 N–H and O–H groups in total. The molecule has 0 bridgehead atoms. The van der Waals surface area contributed by atoms with E-state index in [4.69, 9.17) is 5.11 Å². The van der Waals surface area contributed by atoms with Gasteiger partial charge in [-0.3, -0.25) is 0 Å². The quantitative estimate of drug-likeness (QED) is 0.591. The van der Waals surface area contributed by atoms with E-state index in [1.165, 1.54) is 55.2 Å². The minimum Gasteiger partial charge on any atom is -0.396 e. The minimum absolute atomic E-state index is 0.342. The Balaban J connectivity index is 1.75. The van der Waals surface area contributed by atoms with E-state index in [-0.39, 0.29) is 0 Å². The predicted molar refractivity (Wildman–Crippen MR) is 103 cm³/mol. The Labute approximate surface area is 147 Å². The topological polar surface area (TPSA) is 20.2 Å². The fourth-order valence-electron chi connectivity index (χ4n) is 5.02. The fraction of sp³-hybridized carbons (Fsp3) is 0.565. The Kier molecular flexibility index (Phi) is 5.94. The normalized spacial score (nSPS) is 31.8. The molecule has 3 rings (SSSR count). The van der Waals surface area contributed by atoms with Crippen molar-refractivity contribution < 1.29 is 5.11 Å². The van der Waals surface area contributed by atoms with Crippen LogP contribution in [0.15, 0.2) is 59.8 Å². The van der Waals surface area contributed by atoms with Gasteiger partial charge < -0.3 is 5.11 Å². The molecule has 4 unspecified atom stereocenters. The molecule has 1 heteroatoms. The summed E-state index contributed by atoms with van der Waals surface area (Å²) in [6.45, 7) is 6.78. The third-order valence-corrected chi connectivity index (χ3v) is 6.15. The number of allylic oxidation sites excluding steroid dienone is 9. The molecule has 0 aromatic rings. The van der Waals surface area contributed by atoms with Crippen molar-refractivity contribution in [1.29, 1.82) is 0 Å². The standard InChI is InChI=1S/C23H32O/c1-3-8-19-13-14-20-12-11-18(9-6-4-5-7-16-24)21-15-10-17(2)22(19)23(20)21/h3,8,10,13-15,18,20-21,23-24H,2,4-7,9,11-12,16H2,1H3/b8-3-. The van der Waals surface area contributed by atoms with Crippen molar-refractivity contribution in [2.75, 3.05) is 6.61 Å². The van der Waals surface area contributed by atoms with Gasteiger partial charge in [-0.05, 0) is 73.0 Å². The first-order valence-electron chi connectivity index (χ1n) is 9.79. The molecular formula is C23H32O. The highest BCUT2D eigenvalue weighted by Crippen LogP contribution is 2.52. The predicted octanol–water partition coefficient (Wildman–Crippen LogP) is 5.76. The summed E-state index contributed by atoms with van der Waals surface area (Å²) < 4.78 is 0. The highest BCUT2D eigenvalue weighted by molar-refractivity contribution is 5.55. The first-order chi connectivity index (χ1) is 11.8. The zero-order valence-corrected chi connectivity index (χ0v) is 15.1. The Hall–Kier alpha value is -1.34. The van der Waals surface area contributed by atoms with E-state index in [1.807, 2.05) is 0 Å². The maximum atomic E-state index is 8.92. The van der Waals surface area contributed by atoms with Gasteiger partial charge in [-0.25, -0.2) is 0 Å². The van der Waals surface area contributed by atoms with Gasteiger partial charge in [0.2, 0.25) is 0 Å². The van der Waals surface area contributed by atoms with Gasteiger partial charge in [0.1, 0.15) is 0 Å². The van der Waals surface area contributed by atoms with Crippen LogP contribution in [0.1, 0.15) is 51.9 Å². The summed E-state index contributed by atoms with van der Waals surface area (Å²) in [5.41, 5.74) is 4.11. The minimum atomic E-state index is 0.342. The van der Waals surface area contributed by atoms with E-state index in [1.54, 1.807) is 0 Å². The van der Waals surface area contributed by atoms with E-state index >= 15 is 0 Å². The molecular weight excluding hydrogens is 292 g/mol. The number of unbranched alkanes of at least 4 members (excludes halogenated alkanes) is 3. The molecule has 0 heterocycles. The lowest BCUT2D eigenvalue weighted by Crippen LogP contribution is -2.37. The first kappa shape index (κ1) is 17.5. The van der Waals surface area contributed by atoms with Crippen molar-refractivity contribution in [1.82, 2.24) is 0 Å². The lowest BCUT2D eigenvalue weighted by atomic mass is 9.57. The van der Waals surface area contributed by atoms with Crippen LogP contribution in [0.3, 0.4) is 0 Å². The summed E-state index contributed by atoms with van der Waals surface area (Å²) in [5, 5.41) is 8.92. The summed E-state index contributed by atoms with van der Waals surface area (Å²) in [6.07, 6.45) is 22.7. The van der Waals surface area contributed by atoms with Crippen LogP contribution in [0.25, 0.3) is 0 Å². The van der Waals surface area contributed by atoms with Crippen LogP contribution in [0.4, 0.5) is 0 Å². The Bertz CT molecular complexity index is 575. The van der Waals surface area contributed by atoms with Crippen molar-refractivity contribution in [3.8, 4) is 0 Å². The smallest absolute Gasteiger partial charge is 0.0431 e. The third-order valence-electron chi connectivity index (χ3n) is 6.15. The third kappa shape index (κ3) is 3.52. The number of rotatable bonds is 7. The number of aliphatic hydroxyl groups is 1. The molecule has 0 aliphatic heterocycles. The van der Waals surface area contributed by atoms with Crippen LogP contribution < -0.4 is 0 Å². The molecule has 1 saturated carbocycles. The SMILES string of the molecule is C=C1C=CC2C(CCCCCCO)CCC3C=CC(/C=C\C)=C1C32. The van der Waals surface area contributed by atoms with Gasteiger partial charge in [0.05, 0.1) is 0 Å². The molecule has 24 heavy (non-hydrogen) atoms. The second-order valence-corrected chi connectivity index (χ2v) is 7.64. The van der Waals surface area contributed by atoms with Gasteiger partial charge >= 0.3 is 0 Å². The van der Waals surface area contributed by atoms with Gasteiger partial charge in [0.25, 0.3) is 0 Å². The van der Waals surface area contributed by atoms with Gasteiger partial charge in [0.15, 0.2) is 0 Å². The molecule has 4 atom stereocenters. The Morgan fingerprint density at radius 1 is 1.12 bits per heavy atom. The van der Waals surface area contributed by atoms with Crippen molar-refractivity contribution >= 4 is 0 Å². The van der Waals surface area contributed by atoms with E-state index in [9.17, 15) is 0 Å².